The molecule has 0 aliphatic heterocycles. The van der Waals surface area contributed by atoms with Gasteiger partial charge in [0.15, 0.2) is 0 Å². The minimum atomic E-state index is -0.504. The second kappa shape index (κ2) is 7.40. The van der Waals surface area contributed by atoms with Crippen LogP contribution in [0.2, 0.25) is 0 Å². The van der Waals surface area contributed by atoms with E-state index in [0.717, 1.165) is 12.8 Å². The van der Waals surface area contributed by atoms with E-state index in [4.69, 9.17) is 5.73 Å². The highest BCUT2D eigenvalue weighted by molar-refractivity contribution is 7.14. The van der Waals surface area contributed by atoms with Crippen molar-refractivity contribution in [2.24, 2.45) is 0 Å². The van der Waals surface area contributed by atoms with Crippen molar-refractivity contribution >= 4 is 23.2 Å². The minimum Gasteiger partial charge on any atom is -0.368 e. The summed E-state index contributed by atoms with van der Waals surface area (Å²) < 4.78 is 14.4. The number of nitrogen functional groups attached to an aromatic ring is 1. The average Bonchev–Trinajstić information content (AvgIpc) is 3.11. The predicted molar refractivity (Wildman–Crippen MR) is 102 cm³/mol. The standard InChI is InChI=1S/C19H18FN5OS/c20-13-7-12(14-5-6-22-19(21)25-14)9-23-15(13)10-24-18(26)17-8-11-3-1-2-4-16(11)27-17/h5-9H,1-4,10H2,(H,24,26)(H2,21,22,25). The lowest BCUT2D eigenvalue weighted by Gasteiger charge is -2.08. The van der Waals surface area contributed by atoms with Gasteiger partial charge in [0.25, 0.3) is 5.91 Å². The van der Waals surface area contributed by atoms with Gasteiger partial charge in [0.05, 0.1) is 22.8 Å². The highest BCUT2D eigenvalue weighted by Gasteiger charge is 2.17. The van der Waals surface area contributed by atoms with Crippen LogP contribution in [-0.2, 0) is 19.4 Å². The van der Waals surface area contributed by atoms with Crippen molar-refractivity contribution in [3.63, 3.8) is 0 Å². The summed E-state index contributed by atoms with van der Waals surface area (Å²) in [4.78, 5) is 26.4. The first-order valence-corrected chi connectivity index (χ1v) is 9.55. The number of nitrogens with one attached hydrogen (secondary N) is 1. The number of carbonyl (C=O) groups excluding carboxylic acids is 1. The van der Waals surface area contributed by atoms with E-state index in [2.05, 4.69) is 20.3 Å². The number of carbonyl (C=O) groups is 1. The summed E-state index contributed by atoms with van der Waals surface area (Å²) in [6, 6.07) is 4.92. The molecule has 0 atom stereocenters. The number of nitrogens with two attached hydrogens (primary N) is 1. The molecule has 0 saturated heterocycles. The van der Waals surface area contributed by atoms with Crippen LogP contribution in [0.4, 0.5) is 10.3 Å². The molecular formula is C19H18FN5OS. The zero-order valence-electron chi connectivity index (χ0n) is 14.5. The van der Waals surface area contributed by atoms with Crippen molar-refractivity contribution in [2.45, 2.75) is 32.2 Å². The molecule has 138 valence electrons. The number of pyridine rings is 1. The lowest BCUT2D eigenvalue weighted by atomic mass is 9.99. The Balaban J connectivity index is 1.45. The summed E-state index contributed by atoms with van der Waals surface area (Å²) >= 11 is 1.53. The molecule has 3 aromatic heterocycles. The smallest absolute Gasteiger partial charge is 0.261 e. The third kappa shape index (κ3) is 3.80. The summed E-state index contributed by atoms with van der Waals surface area (Å²) in [5.74, 6) is -0.582. The maximum Gasteiger partial charge on any atom is 0.261 e. The third-order valence-corrected chi connectivity index (χ3v) is 5.76. The molecule has 0 bridgehead atoms. The molecule has 3 heterocycles. The van der Waals surface area contributed by atoms with Gasteiger partial charge in [0.2, 0.25) is 5.95 Å². The van der Waals surface area contributed by atoms with Crippen LogP contribution in [0.15, 0.2) is 30.6 Å². The molecular weight excluding hydrogens is 365 g/mol. The van der Waals surface area contributed by atoms with Crippen molar-refractivity contribution < 1.29 is 9.18 Å². The van der Waals surface area contributed by atoms with Gasteiger partial charge in [-0.3, -0.25) is 9.78 Å². The monoisotopic (exact) mass is 383 g/mol. The molecule has 4 rings (SSSR count). The topological polar surface area (TPSA) is 93.8 Å². The minimum absolute atomic E-state index is 0.0272. The van der Waals surface area contributed by atoms with Gasteiger partial charge in [-0.2, -0.15) is 0 Å². The molecule has 3 N–H and O–H groups in total. The van der Waals surface area contributed by atoms with Gasteiger partial charge in [-0.05, 0) is 49.4 Å². The van der Waals surface area contributed by atoms with E-state index < -0.39 is 5.82 Å². The zero-order chi connectivity index (χ0) is 18.8. The van der Waals surface area contributed by atoms with Gasteiger partial charge >= 0.3 is 0 Å². The molecule has 1 aliphatic rings. The van der Waals surface area contributed by atoms with Crippen LogP contribution in [0.1, 0.15) is 38.6 Å². The molecule has 0 aromatic carbocycles. The molecule has 0 radical (unpaired) electrons. The van der Waals surface area contributed by atoms with Crippen LogP contribution < -0.4 is 11.1 Å². The molecule has 1 amide bonds. The maximum absolute atomic E-state index is 14.4. The van der Waals surface area contributed by atoms with E-state index in [-0.39, 0.29) is 24.1 Å². The van der Waals surface area contributed by atoms with Gasteiger partial charge < -0.3 is 11.1 Å². The van der Waals surface area contributed by atoms with Gasteiger partial charge in [0.1, 0.15) is 5.82 Å². The highest BCUT2D eigenvalue weighted by Crippen LogP contribution is 2.29. The van der Waals surface area contributed by atoms with Crippen LogP contribution in [0.25, 0.3) is 11.3 Å². The number of fused-ring (bicyclic) bond motifs is 1. The number of thiophene rings is 1. The lowest BCUT2D eigenvalue weighted by Crippen LogP contribution is -2.23. The molecule has 3 aromatic rings. The first kappa shape index (κ1) is 17.5. The quantitative estimate of drug-likeness (QED) is 0.722. The Morgan fingerprint density at radius 3 is 2.89 bits per heavy atom. The number of anilines is 1. The molecule has 8 heteroatoms. The number of nitrogens with zero attached hydrogens (tertiary/aromatic N) is 3. The molecule has 0 spiro atoms. The SMILES string of the molecule is Nc1nccc(-c2cnc(CNC(=O)c3cc4c(s3)CCCC4)c(F)c2)n1. The van der Waals surface area contributed by atoms with E-state index in [0.29, 0.717) is 16.1 Å². The fraction of sp³-hybridized carbons (Fsp3) is 0.263. The van der Waals surface area contributed by atoms with Gasteiger partial charge in [-0.15, -0.1) is 11.3 Å². The summed E-state index contributed by atoms with van der Waals surface area (Å²) in [5, 5.41) is 2.76. The molecule has 0 saturated carbocycles. The number of rotatable bonds is 4. The summed E-state index contributed by atoms with van der Waals surface area (Å²) in [6.45, 7) is 0.0272. The average molecular weight is 383 g/mol. The highest BCUT2D eigenvalue weighted by atomic mass is 32.1. The van der Waals surface area contributed by atoms with Crippen molar-refractivity contribution in [3.8, 4) is 11.3 Å². The first-order chi connectivity index (χ1) is 13.1. The molecule has 27 heavy (non-hydrogen) atoms. The fourth-order valence-electron chi connectivity index (χ4n) is 3.12. The summed E-state index contributed by atoms with van der Waals surface area (Å²) in [7, 11) is 0. The summed E-state index contributed by atoms with van der Waals surface area (Å²) in [6.07, 6.45) is 7.43. The zero-order valence-corrected chi connectivity index (χ0v) is 15.4. The van der Waals surface area contributed by atoms with Crippen LogP contribution in [0.3, 0.4) is 0 Å². The normalized spacial score (nSPS) is 13.2. The molecule has 6 nitrogen and oxygen atoms in total. The van der Waals surface area contributed by atoms with E-state index >= 15 is 0 Å². The Kier molecular flexibility index (Phi) is 4.81. The van der Waals surface area contributed by atoms with Gasteiger partial charge in [0, 0.05) is 22.8 Å². The number of halogens is 1. The Morgan fingerprint density at radius 2 is 2.11 bits per heavy atom. The van der Waals surface area contributed by atoms with E-state index in [9.17, 15) is 9.18 Å². The molecule has 0 fully saturated rings. The van der Waals surface area contributed by atoms with E-state index in [1.165, 1.54) is 53.1 Å². The van der Waals surface area contributed by atoms with Crippen molar-refractivity contribution in [1.29, 1.82) is 0 Å². The lowest BCUT2D eigenvalue weighted by molar-refractivity contribution is 0.0954. The number of amides is 1. The van der Waals surface area contributed by atoms with E-state index in [1.807, 2.05) is 6.07 Å². The fourth-order valence-corrected chi connectivity index (χ4v) is 4.29. The largest absolute Gasteiger partial charge is 0.368 e. The summed E-state index contributed by atoms with van der Waals surface area (Å²) in [5.41, 5.74) is 8.00. The number of hydrogen-bond donors (Lipinski definition) is 2. The Hall–Kier alpha value is -2.87. The van der Waals surface area contributed by atoms with E-state index in [1.54, 1.807) is 6.07 Å². The van der Waals surface area contributed by atoms with Crippen LogP contribution in [0.5, 0.6) is 0 Å². The Labute approximate surface area is 159 Å². The number of aryl methyl sites for hydroxylation is 2. The van der Waals surface area contributed by atoms with Crippen molar-refractivity contribution in [1.82, 2.24) is 20.3 Å². The predicted octanol–water partition coefficient (Wildman–Crippen LogP) is 3.13. The maximum atomic E-state index is 14.4. The van der Waals surface area contributed by atoms with Gasteiger partial charge in [-0.1, -0.05) is 0 Å². The van der Waals surface area contributed by atoms with Crippen molar-refractivity contribution in [3.05, 3.63) is 57.4 Å². The van der Waals surface area contributed by atoms with Gasteiger partial charge in [-0.25, -0.2) is 14.4 Å². The second-order valence-electron chi connectivity index (χ2n) is 6.40. The van der Waals surface area contributed by atoms with Crippen molar-refractivity contribution in [2.75, 3.05) is 5.73 Å². The first-order valence-electron chi connectivity index (χ1n) is 8.73. The Morgan fingerprint density at radius 1 is 1.26 bits per heavy atom. The van der Waals surface area contributed by atoms with Crippen LogP contribution in [-0.4, -0.2) is 20.9 Å². The molecule has 0 unspecified atom stereocenters. The van der Waals surface area contributed by atoms with Crippen LogP contribution >= 0.6 is 11.3 Å². The number of aromatic nitrogens is 3. The Bertz CT molecular complexity index is 980. The molecule has 1 aliphatic carbocycles. The third-order valence-electron chi connectivity index (χ3n) is 4.52. The second-order valence-corrected chi connectivity index (χ2v) is 7.54. The van der Waals surface area contributed by atoms with Crippen LogP contribution in [0, 0.1) is 5.82 Å². The number of hydrogen-bond acceptors (Lipinski definition) is 6.